The van der Waals surface area contributed by atoms with Crippen molar-refractivity contribution >= 4 is 5.78 Å². The van der Waals surface area contributed by atoms with E-state index in [0.717, 1.165) is 31.0 Å². The third kappa shape index (κ3) is 2.31. The van der Waals surface area contributed by atoms with Gasteiger partial charge in [-0.25, -0.2) is 0 Å². The molecule has 134 valence electrons. The van der Waals surface area contributed by atoms with Gasteiger partial charge in [0.05, 0.1) is 6.04 Å². The van der Waals surface area contributed by atoms with Gasteiger partial charge in [-0.2, -0.15) is 0 Å². The van der Waals surface area contributed by atoms with E-state index in [1.54, 1.807) is 6.07 Å². The van der Waals surface area contributed by atoms with Crippen molar-refractivity contribution in [2.75, 3.05) is 13.1 Å². The lowest BCUT2D eigenvalue weighted by molar-refractivity contribution is 0.00120. The highest BCUT2D eigenvalue weighted by Crippen LogP contribution is 2.55. The lowest BCUT2D eigenvalue weighted by Crippen LogP contribution is -2.63. The number of phenolic OH excluding ortho intramolecular Hbond substituents is 1. The number of aromatic hydroxyl groups is 1. The minimum Gasteiger partial charge on any atom is -0.508 e. The molecular weight excluding hydrogens is 310 g/mol. The Labute approximate surface area is 150 Å². The third-order valence-corrected chi connectivity index (χ3v) is 7.76. The Morgan fingerprint density at radius 1 is 1.08 bits per heavy atom. The van der Waals surface area contributed by atoms with E-state index in [9.17, 15) is 9.90 Å². The number of benzene rings is 1. The summed E-state index contributed by atoms with van der Waals surface area (Å²) in [6.07, 6.45) is 11.4. The Bertz CT molecular complexity index is 695. The molecule has 3 aliphatic carbocycles. The van der Waals surface area contributed by atoms with E-state index in [-0.39, 0.29) is 11.5 Å². The predicted molar refractivity (Wildman–Crippen MR) is 98.0 cm³/mol. The molecule has 1 saturated heterocycles. The summed E-state index contributed by atoms with van der Waals surface area (Å²) in [7, 11) is 0. The van der Waals surface area contributed by atoms with Crippen molar-refractivity contribution in [3.63, 3.8) is 0 Å². The number of carbonyl (C=O) groups is 1. The molecule has 0 aromatic heterocycles. The van der Waals surface area contributed by atoms with Gasteiger partial charge >= 0.3 is 0 Å². The van der Waals surface area contributed by atoms with Crippen molar-refractivity contribution in [3.05, 3.63) is 29.3 Å². The molecule has 0 radical (unpaired) electrons. The van der Waals surface area contributed by atoms with Crippen molar-refractivity contribution in [2.24, 2.45) is 11.8 Å². The predicted octanol–water partition coefficient (Wildman–Crippen LogP) is 4.28. The van der Waals surface area contributed by atoms with E-state index < -0.39 is 0 Å². The van der Waals surface area contributed by atoms with Gasteiger partial charge in [-0.3, -0.25) is 9.69 Å². The van der Waals surface area contributed by atoms with Crippen molar-refractivity contribution in [1.29, 1.82) is 0 Å². The molecule has 5 rings (SSSR count). The SMILES string of the molecule is O=C1c2ccc(O)cc2C23CCCCCC2C1N(CC1CCC1)CC3. The maximum atomic E-state index is 13.5. The largest absolute Gasteiger partial charge is 0.508 e. The standard InChI is InChI=1S/C22H29NO2/c24-16-8-9-17-19(13-16)22-10-3-1-2-7-18(22)20(21(17)25)23(12-11-22)14-15-5-4-6-15/h8-9,13,15,18,20,24H,1-7,10-12,14H2. The second-order valence-electron chi connectivity index (χ2n) is 8.94. The number of fused-ring (bicyclic) bond motifs is 1. The summed E-state index contributed by atoms with van der Waals surface area (Å²) in [5.74, 6) is 1.91. The molecule has 3 heteroatoms. The fourth-order valence-electron chi connectivity index (χ4n) is 6.30. The van der Waals surface area contributed by atoms with Gasteiger partial charge < -0.3 is 5.11 Å². The highest BCUT2D eigenvalue weighted by atomic mass is 16.3. The van der Waals surface area contributed by atoms with Crippen LogP contribution in [0.25, 0.3) is 0 Å². The number of ketones is 1. The van der Waals surface area contributed by atoms with Gasteiger partial charge in [-0.05, 0) is 74.2 Å². The number of hydrogen-bond donors (Lipinski definition) is 1. The Morgan fingerprint density at radius 2 is 1.96 bits per heavy atom. The summed E-state index contributed by atoms with van der Waals surface area (Å²) in [4.78, 5) is 16.0. The van der Waals surface area contributed by atoms with Crippen LogP contribution in [0.4, 0.5) is 0 Å². The monoisotopic (exact) mass is 339 g/mol. The summed E-state index contributed by atoms with van der Waals surface area (Å²) in [5, 5.41) is 10.1. The van der Waals surface area contributed by atoms with Gasteiger partial charge in [0.15, 0.2) is 5.78 Å². The van der Waals surface area contributed by atoms with Gasteiger partial charge in [0.2, 0.25) is 0 Å². The lowest BCUT2D eigenvalue weighted by atomic mass is 9.55. The zero-order valence-corrected chi connectivity index (χ0v) is 15.0. The number of nitrogens with zero attached hydrogens (tertiary/aromatic N) is 1. The molecule has 3 unspecified atom stereocenters. The normalized spacial score (nSPS) is 35.4. The zero-order chi connectivity index (χ0) is 17.0. The van der Waals surface area contributed by atoms with Crippen LogP contribution in [0.1, 0.15) is 73.7 Å². The maximum Gasteiger partial charge on any atom is 0.180 e. The van der Waals surface area contributed by atoms with E-state index >= 15 is 0 Å². The molecule has 1 heterocycles. The second kappa shape index (κ2) is 5.84. The number of carbonyl (C=O) groups excluding carboxylic acids is 1. The fourth-order valence-corrected chi connectivity index (χ4v) is 6.30. The molecule has 0 spiro atoms. The summed E-state index contributed by atoms with van der Waals surface area (Å²) in [5.41, 5.74) is 2.20. The smallest absolute Gasteiger partial charge is 0.180 e. The fraction of sp³-hybridized carbons (Fsp3) is 0.682. The number of piperidine rings is 1. The van der Waals surface area contributed by atoms with Crippen LogP contribution in [0.2, 0.25) is 0 Å². The maximum absolute atomic E-state index is 13.5. The van der Waals surface area contributed by atoms with Crippen LogP contribution >= 0.6 is 0 Å². The van der Waals surface area contributed by atoms with E-state index in [0.29, 0.717) is 17.5 Å². The number of likely N-dealkylation sites (tertiary alicyclic amines) is 1. The van der Waals surface area contributed by atoms with Gasteiger partial charge in [0.1, 0.15) is 5.75 Å². The zero-order valence-electron chi connectivity index (χ0n) is 15.0. The molecule has 1 aromatic carbocycles. The second-order valence-corrected chi connectivity index (χ2v) is 8.94. The first-order chi connectivity index (χ1) is 12.2. The van der Waals surface area contributed by atoms with Gasteiger partial charge in [-0.1, -0.05) is 25.7 Å². The van der Waals surface area contributed by atoms with Crippen LogP contribution in [-0.4, -0.2) is 34.9 Å². The van der Waals surface area contributed by atoms with Crippen molar-refractivity contribution in [1.82, 2.24) is 4.90 Å². The van der Waals surface area contributed by atoms with Crippen LogP contribution in [0.3, 0.4) is 0 Å². The van der Waals surface area contributed by atoms with Crippen LogP contribution in [0.5, 0.6) is 5.75 Å². The molecular formula is C22H29NO2. The van der Waals surface area contributed by atoms with Crippen molar-refractivity contribution in [2.45, 2.75) is 69.2 Å². The lowest BCUT2D eigenvalue weighted by Gasteiger charge is -2.56. The van der Waals surface area contributed by atoms with Gasteiger partial charge in [0.25, 0.3) is 0 Å². The number of Topliss-reactive ketones (excluding diaryl/α,β-unsaturated/α-hetero) is 1. The Hall–Kier alpha value is -1.35. The first-order valence-corrected chi connectivity index (χ1v) is 10.3. The first-order valence-electron chi connectivity index (χ1n) is 10.3. The summed E-state index contributed by atoms with van der Waals surface area (Å²) >= 11 is 0. The van der Waals surface area contributed by atoms with E-state index in [2.05, 4.69) is 4.90 Å². The molecule has 3 atom stereocenters. The van der Waals surface area contributed by atoms with E-state index in [1.165, 1.54) is 56.9 Å². The quantitative estimate of drug-likeness (QED) is 0.874. The van der Waals surface area contributed by atoms with E-state index in [4.69, 9.17) is 0 Å². The summed E-state index contributed by atoms with van der Waals surface area (Å²) in [6, 6.07) is 5.61. The molecule has 0 amide bonds. The number of rotatable bonds is 2. The Morgan fingerprint density at radius 3 is 2.76 bits per heavy atom. The topological polar surface area (TPSA) is 40.5 Å². The molecule has 3 nitrogen and oxygen atoms in total. The molecule has 2 saturated carbocycles. The van der Waals surface area contributed by atoms with E-state index in [1.807, 2.05) is 12.1 Å². The molecule has 2 bridgehead atoms. The molecule has 25 heavy (non-hydrogen) atoms. The molecule has 1 N–H and O–H groups in total. The molecule has 4 aliphatic rings. The summed E-state index contributed by atoms with van der Waals surface area (Å²) < 4.78 is 0. The van der Waals surface area contributed by atoms with Crippen LogP contribution in [0.15, 0.2) is 18.2 Å². The average Bonchev–Trinajstić information content (AvgIpc) is 2.80. The van der Waals surface area contributed by atoms with Crippen LogP contribution < -0.4 is 0 Å². The van der Waals surface area contributed by atoms with Crippen LogP contribution in [0, 0.1) is 11.8 Å². The average molecular weight is 339 g/mol. The molecule has 3 fully saturated rings. The number of phenols is 1. The third-order valence-electron chi connectivity index (χ3n) is 7.76. The Balaban J connectivity index is 1.61. The minimum atomic E-state index is 0.0875. The summed E-state index contributed by atoms with van der Waals surface area (Å²) in [6.45, 7) is 2.18. The minimum absolute atomic E-state index is 0.0875. The highest BCUT2D eigenvalue weighted by Gasteiger charge is 2.56. The van der Waals surface area contributed by atoms with Gasteiger partial charge in [0, 0.05) is 17.5 Å². The van der Waals surface area contributed by atoms with Gasteiger partial charge in [-0.15, -0.1) is 0 Å². The van der Waals surface area contributed by atoms with Crippen molar-refractivity contribution < 1.29 is 9.90 Å². The number of hydrogen-bond acceptors (Lipinski definition) is 3. The molecule has 1 aliphatic heterocycles. The highest BCUT2D eigenvalue weighted by molar-refractivity contribution is 6.03. The first kappa shape index (κ1) is 15.9. The Kier molecular flexibility index (Phi) is 3.70. The van der Waals surface area contributed by atoms with Crippen LogP contribution in [-0.2, 0) is 5.41 Å². The van der Waals surface area contributed by atoms with Crippen molar-refractivity contribution in [3.8, 4) is 5.75 Å². The molecule has 1 aromatic rings.